The van der Waals surface area contributed by atoms with Crippen molar-refractivity contribution in [2.75, 3.05) is 26.2 Å². The molecule has 0 spiro atoms. The van der Waals surface area contributed by atoms with Crippen molar-refractivity contribution in [3.8, 4) is 11.5 Å². The van der Waals surface area contributed by atoms with E-state index in [1.807, 2.05) is 0 Å². The van der Waals surface area contributed by atoms with Crippen LogP contribution >= 0.6 is 0 Å². The number of aromatic hydroxyl groups is 2. The van der Waals surface area contributed by atoms with Crippen molar-refractivity contribution < 1.29 is 82.8 Å². The third-order valence-corrected chi connectivity index (χ3v) is 13.2. The van der Waals surface area contributed by atoms with Gasteiger partial charge in [0.05, 0.1) is 25.9 Å². The van der Waals surface area contributed by atoms with Crippen LogP contribution in [0.4, 0.5) is 4.79 Å². The summed E-state index contributed by atoms with van der Waals surface area (Å²) in [4.78, 5) is 178. The molecule has 0 aromatic heterocycles. The lowest BCUT2D eigenvalue weighted by Crippen LogP contribution is -2.61. The first-order chi connectivity index (χ1) is 37.4. The van der Waals surface area contributed by atoms with E-state index in [1.165, 1.54) is 48.5 Å². The molecule has 30 heteroatoms. The summed E-state index contributed by atoms with van der Waals surface area (Å²) in [5.41, 5.74) is 16.7. The summed E-state index contributed by atoms with van der Waals surface area (Å²) < 4.78 is 0. The molecule has 2 aromatic rings. The number of phenolic OH excluding ortho intramolecular Hbond substituents is 2. The molecule has 0 saturated carbocycles. The van der Waals surface area contributed by atoms with Gasteiger partial charge < -0.3 is 90.0 Å². The van der Waals surface area contributed by atoms with Crippen LogP contribution in [0.5, 0.6) is 11.5 Å². The maximum Gasteiger partial charge on any atom is 0.312 e. The van der Waals surface area contributed by atoms with E-state index in [1.54, 1.807) is 0 Å². The first kappa shape index (κ1) is 60.8. The fourth-order valence-corrected chi connectivity index (χ4v) is 9.23. The minimum absolute atomic E-state index is 0.0143. The Kier molecular flexibility index (Phi) is 21.8. The van der Waals surface area contributed by atoms with Gasteiger partial charge in [-0.3, -0.25) is 57.5 Å². The van der Waals surface area contributed by atoms with E-state index in [0.717, 1.165) is 9.80 Å². The summed E-state index contributed by atoms with van der Waals surface area (Å²) in [5, 5.41) is 59.5. The van der Waals surface area contributed by atoms with E-state index in [4.69, 9.17) is 17.2 Å². The zero-order chi connectivity index (χ0) is 58.1. The van der Waals surface area contributed by atoms with Gasteiger partial charge in [-0.05, 0) is 73.9 Å². The van der Waals surface area contributed by atoms with Crippen molar-refractivity contribution in [2.45, 2.75) is 125 Å². The highest BCUT2D eigenvalue weighted by Gasteiger charge is 2.43. The van der Waals surface area contributed by atoms with Gasteiger partial charge in [0, 0.05) is 32.5 Å². The summed E-state index contributed by atoms with van der Waals surface area (Å²) in [5.74, 6) is -14.1. The Labute approximate surface area is 450 Å². The van der Waals surface area contributed by atoms with E-state index < -0.39 is 157 Å². The number of benzene rings is 2. The van der Waals surface area contributed by atoms with Gasteiger partial charge >= 0.3 is 12.0 Å². The molecule has 0 radical (unpaired) electrons. The minimum atomic E-state index is -1.95. The number of aliphatic carboxylic acids is 1. The average Bonchev–Trinajstić information content (AvgIpc) is 4.11. The number of aliphatic hydroxyl groups is 1. The predicted molar refractivity (Wildman–Crippen MR) is 270 cm³/mol. The number of hydrogen-bond acceptors (Lipinski definition) is 16. The molecular weight excluding hydrogens is 1040 g/mol. The number of aliphatic hydroxyl groups excluding tert-OH is 1. The Bertz CT molecular complexity index is 2640. The van der Waals surface area contributed by atoms with Crippen LogP contribution in [0.3, 0.4) is 0 Å². The lowest BCUT2D eigenvalue weighted by atomic mass is 10.0. The highest BCUT2D eigenvalue weighted by Crippen LogP contribution is 2.23. The number of carbonyl (C=O) groups is 13. The molecule has 79 heavy (non-hydrogen) atoms. The van der Waals surface area contributed by atoms with Gasteiger partial charge in [0.2, 0.25) is 65.0 Å². The van der Waals surface area contributed by atoms with Crippen molar-refractivity contribution in [3.63, 3.8) is 0 Å². The molecular formula is C49H65N13O17. The third kappa shape index (κ3) is 17.7. The standard InChI is InChI=1S/C49H65N13O17/c50-37(66)20-31-43(73)57-32(21-38(51)67)44(74)60-34(23-63)48(78)62-17-3-6-36(62)46(76)58-30(19-25-9-13-27(65)14-10-25)41(71)55-29(18-24-7-11-26(64)12-8-24)42(72)59-33(22-39(68)69)47(77)61-16-2-5-35(61)45(75)54-28(40(70)56-31)4-1-15-53-49(52)79/h7-14,28-36,63-65H,1-6,15-23H2,(H2,50,66)(H2,51,67)(H,54,75)(H,55,71)(H,56,70)(H,57,73)(H,58,76)(H,59,72)(H,60,74)(H,68,69)(H3,52,53,79)/t28-,29-,30-,31-,32-,33-,34-,35-,36-/m0/s1. The van der Waals surface area contributed by atoms with Gasteiger partial charge in [0.1, 0.15) is 65.9 Å². The molecule has 3 fully saturated rings. The first-order valence-electron chi connectivity index (χ1n) is 25.2. The third-order valence-electron chi connectivity index (χ3n) is 13.2. The average molecular weight is 1110 g/mol. The Morgan fingerprint density at radius 1 is 0.506 bits per heavy atom. The molecule has 2 aromatic carbocycles. The zero-order valence-electron chi connectivity index (χ0n) is 42.6. The quantitative estimate of drug-likeness (QED) is 0.0738. The van der Waals surface area contributed by atoms with Crippen LogP contribution in [0.15, 0.2) is 48.5 Å². The molecule has 9 atom stereocenters. The number of phenols is 2. The maximum absolute atomic E-state index is 14.6. The number of amides is 13. The number of carbonyl (C=O) groups excluding carboxylic acids is 12. The van der Waals surface area contributed by atoms with Crippen LogP contribution in [0.1, 0.15) is 68.9 Å². The van der Waals surface area contributed by atoms with Gasteiger partial charge in [0.25, 0.3) is 0 Å². The molecule has 0 unspecified atom stereocenters. The van der Waals surface area contributed by atoms with Gasteiger partial charge in [-0.2, -0.15) is 0 Å². The molecule has 0 bridgehead atoms. The lowest BCUT2D eigenvalue weighted by Gasteiger charge is -2.31. The Balaban J connectivity index is 1.60. The van der Waals surface area contributed by atoms with Gasteiger partial charge in [-0.15, -0.1) is 0 Å². The second-order valence-electron chi connectivity index (χ2n) is 19.1. The summed E-state index contributed by atoms with van der Waals surface area (Å²) >= 11 is 0. The summed E-state index contributed by atoms with van der Waals surface area (Å²) in [6.07, 6.45) is -3.73. The van der Waals surface area contributed by atoms with Crippen molar-refractivity contribution >= 4 is 77.0 Å². The number of primary amides is 3. The van der Waals surface area contributed by atoms with E-state index >= 15 is 0 Å². The minimum Gasteiger partial charge on any atom is -0.508 e. The second-order valence-corrected chi connectivity index (χ2v) is 19.1. The van der Waals surface area contributed by atoms with Gasteiger partial charge in [-0.1, -0.05) is 24.3 Å². The Morgan fingerprint density at radius 2 is 0.873 bits per heavy atom. The molecule has 30 nitrogen and oxygen atoms in total. The smallest absolute Gasteiger partial charge is 0.312 e. The van der Waals surface area contributed by atoms with Crippen LogP contribution in [0.25, 0.3) is 0 Å². The number of nitrogens with two attached hydrogens (primary N) is 3. The van der Waals surface area contributed by atoms with Crippen LogP contribution in [0.2, 0.25) is 0 Å². The summed E-state index contributed by atoms with van der Waals surface area (Å²) in [7, 11) is 0. The van der Waals surface area contributed by atoms with Crippen LogP contribution < -0.4 is 59.7 Å². The lowest BCUT2D eigenvalue weighted by molar-refractivity contribution is -0.146. The largest absolute Gasteiger partial charge is 0.508 e. The van der Waals surface area contributed by atoms with E-state index in [-0.39, 0.29) is 82.5 Å². The molecule has 428 valence electrons. The highest BCUT2D eigenvalue weighted by molar-refractivity contribution is 6.01. The van der Waals surface area contributed by atoms with E-state index in [0.29, 0.717) is 11.1 Å². The number of carboxylic acids is 1. The van der Waals surface area contributed by atoms with Crippen molar-refractivity contribution in [2.24, 2.45) is 17.2 Å². The molecule has 0 aliphatic carbocycles. The fourth-order valence-electron chi connectivity index (χ4n) is 9.23. The Morgan fingerprint density at radius 3 is 1.29 bits per heavy atom. The van der Waals surface area contributed by atoms with Gasteiger partial charge in [-0.25, -0.2) is 4.79 Å². The number of urea groups is 1. The first-order valence-corrected chi connectivity index (χ1v) is 25.2. The number of rotatable bonds is 15. The van der Waals surface area contributed by atoms with E-state index in [2.05, 4.69) is 42.5 Å². The number of carboxylic acid groups (broad SMARTS) is 1. The molecule has 13 amide bonds. The normalized spacial score (nSPS) is 25.2. The Hall–Kier alpha value is -9.09. The molecule has 3 aliphatic rings. The molecule has 18 N–H and O–H groups in total. The van der Waals surface area contributed by atoms with Crippen molar-refractivity contribution in [1.29, 1.82) is 0 Å². The maximum atomic E-state index is 14.6. The molecule has 3 saturated heterocycles. The van der Waals surface area contributed by atoms with Crippen molar-refractivity contribution in [3.05, 3.63) is 59.7 Å². The number of nitrogens with one attached hydrogen (secondary N) is 8. The van der Waals surface area contributed by atoms with Crippen molar-refractivity contribution in [1.82, 2.24) is 52.3 Å². The SMILES string of the molecule is NC(=O)C[C@@H]1NC(=O)[C@H](CCCNC(N)=O)NC(=O)[C@@H]2CCCN2C(=O)[C@H](CC(=O)O)NC(=O)[C@H](Cc2ccc(O)cc2)NC(=O)[C@H](Cc2ccc(O)cc2)NC(=O)[C@@H]2CCCN2C(=O)[C@H](CO)NC(=O)[C@H](CC(N)=O)NC1=O. The predicted octanol–water partition coefficient (Wildman–Crippen LogP) is -6.06. The fraction of sp³-hybridized carbons (Fsp3) is 0.490. The van der Waals surface area contributed by atoms with Crippen LogP contribution in [-0.4, -0.2) is 188 Å². The topological polar surface area (TPSA) is 484 Å². The summed E-state index contributed by atoms with van der Waals surface area (Å²) in [6.45, 7) is -1.55. The van der Waals surface area contributed by atoms with Crippen LogP contribution in [0, 0.1) is 0 Å². The zero-order valence-corrected chi connectivity index (χ0v) is 42.6. The molecule has 5 rings (SSSR count). The highest BCUT2D eigenvalue weighted by atomic mass is 16.4. The number of hydrogen-bond donors (Lipinski definition) is 15. The number of fused-ring (bicyclic) bond motifs is 2. The molecule has 3 aliphatic heterocycles. The molecule has 3 heterocycles. The van der Waals surface area contributed by atoms with Gasteiger partial charge in [0.15, 0.2) is 0 Å². The van der Waals surface area contributed by atoms with Crippen LogP contribution in [-0.2, 0) is 70.4 Å². The van der Waals surface area contributed by atoms with E-state index in [9.17, 15) is 82.8 Å². The second kappa shape index (κ2) is 28.3. The monoisotopic (exact) mass is 1110 g/mol. The number of nitrogens with zero attached hydrogens (tertiary/aromatic N) is 2. The summed E-state index contributed by atoms with van der Waals surface area (Å²) in [6, 6.07) is -5.42.